The number of halogens is 1. The quantitative estimate of drug-likeness (QED) is 0.540. The topological polar surface area (TPSA) is 71.0 Å². The van der Waals surface area contributed by atoms with Gasteiger partial charge < -0.3 is 10.1 Å². The zero-order valence-corrected chi connectivity index (χ0v) is 18.0. The number of thioether (sulfide) groups is 1. The summed E-state index contributed by atoms with van der Waals surface area (Å²) in [7, 11) is 0. The summed E-state index contributed by atoms with van der Waals surface area (Å²) in [5.41, 5.74) is 0.759. The maximum absolute atomic E-state index is 12.8. The highest BCUT2D eigenvalue weighted by Crippen LogP contribution is 2.33. The number of hydrogen-bond donors (Lipinski definition) is 1. The Kier molecular flexibility index (Phi) is 6.49. The van der Waals surface area contributed by atoms with Crippen molar-refractivity contribution in [2.45, 2.75) is 18.7 Å². The molecule has 1 atom stereocenters. The average molecular weight is 432 g/mol. The van der Waals surface area contributed by atoms with Crippen LogP contribution in [0.15, 0.2) is 58.5 Å². The van der Waals surface area contributed by atoms with Crippen molar-refractivity contribution in [3.8, 4) is 0 Å². The van der Waals surface area contributed by atoms with Gasteiger partial charge in [-0.1, -0.05) is 23.7 Å². The molecule has 0 fully saturated rings. The second-order valence-corrected chi connectivity index (χ2v) is 8.04. The van der Waals surface area contributed by atoms with Crippen LogP contribution < -0.4 is 5.32 Å². The molecular formula is C21H22ClN3O3S. The lowest BCUT2D eigenvalue weighted by Gasteiger charge is -2.24. The number of benzene rings is 2. The number of ether oxygens (including phenoxy) is 1. The third-order valence-electron chi connectivity index (χ3n) is 4.63. The number of hydrogen-bond acceptors (Lipinski definition) is 5. The number of nitrogens with zero attached hydrogens (tertiary/aromatic N) is 2. The van der Waals surface area contributed by atoms with Crippen LogP contribution in [0.5, 0.6) is 0 Å². The van der Waals surface area contributed by atoms with Gasteiger partial charge in [0, 0.05) is 15.6 Å². The number of nitrogens with one attached hydrogen (secondary N) is 1. The third-order valence-corrected chi connectivity index (χ3v) is 5.62. The molecule has 29 heavy (non-hydrogen) atoms. The lowest BCUT2D eigenvalue weighted by molar-refractivity contribution is -0.150. The molecule has 6 nitrogen and oxygen atoms in total. The molecule has 1 heterocycles. The fourth-order valence-corrected chi connectivity index (χ4v) is 3.59. The number of carbonyl (C=O) groups excluding carboxylic acids is 2. The largest absolute Gasteiger partial charge is 0.465 e. The lowest BCUT2D eigenvalue weighted by atomic mass is 9.82. The maximum Gasteiger partial charge on any atom is 0.342 e. The Bertz CT molecular complexity index is 931. The number of carbonyl (C=O) groups is 2. The summed E-state index contributed by atoms with van der Waals surface area (Å²) in [6.45, 7) is 3.81. The molecule has 1 aliphatic heterocycles. The van der Waals surface area contributed by atoms with E-state index in [9.17, 15) is 9.59 Å². The summed E-state index contributed by atoms with van der Waals surface area (Å²) in [5.74, 6) is -0.423. The molecular weight excluding hydrogens is 410 g/mol. The minimum atomic E-state index is -1.08. The molecule has 0 spiro atoms. The molecule has 2 aromatic carbocycles. The molecule has 8 heteroatoms. The van der Waals surface area contributed by atoms with Gasteiger partial charge >= 0.3 is 12.0 Å². The van der Waals surface area contributed by atoms with E-state index in [1.165, 1.54) is 5.01 Å². The van der Waals surface area contributed by atoms with Crippen LogP contribution in [0.4, 0.5) is 10.5 Å². The first-order valence-electron chi connectivity index (χ1n) is 9.12. The Hall–Kier alpha value is -2.51. The van der Waals surface area contributed by atoms with Gasteiger partial charge in [-0.25, -0.2) is 9.80 Å². The SMILES string of the molecule is CCOC(=O)C1(C)CN(C(=O)Nc2ccc(SC)cc2)N=C1c1ccc(Cl)cc1. The first kappa shape index (κ1) is 21.2. The molecule has 0 saturated heterocycles. The van der Waals surface area contributed by atoms with Crippen molar-refractivity contribution < 1.29 is 14.3 Å². The number of anilines is 1. The highest BCUT2D eigenvalue weighted by molar-refractivity contribution is 7.98. The molecule has 1 aliphatic rings. The summed E-state index contributed by atoms with van der Waals surface area (Å²) >= 11 is 7.61. The van der Waals surface area contributed by atoms with Crippen LogP contribution in [0.2, 0.25) is 5.02 Å². The zero-order chi connectivity index (χ0) is 21.0. The molecule has 0 aliphatic carbocycles. The van der Waals surface area contributed by atoms with Crippen molar-refractivity contribution in [3.63, 3.8) is 0 Å². The van der Waals surface area contributed by atoms with Gasteiger partial charge in [-0.3, -0.25) is 4.79 Å². The summed E-state index contributed by atoms with van der Waals surface area (Å²) < 4.78 is 5.27. The molecule has 0 aromatic heterocycles. The minimum Gasteiger partial charge on any atom is -0.465 e. The van der Waals surface area contributed by atoms with Crippen LogP contribution >= 0.6 is 23.4 Å². The number of esters is 1. The highest BCUT2D eigenvalue weighted by atomic mass is 35.5. The third kappa shape index (κ3) is 4.57. The van der Waals surface area contributed by atoms with Gasteiger partial charge in [0.25, 0.3) is 0 Å². The van der Waals surface area contributed by atoms with E-state index in [1.54, 1.807) is 49.9 Å². The summed E-state index contributed by atoms with van der Waals surface area (Å²) in [6, 6.07) is 14.1. The Morgan fingerprint density at radius 2 is 1.86 bits per heavy atom. The van der Waals surface area contributed by atoms with Crippen LogP contribution in [0.1, 0.15) is 19.4 Å². The maximum atomic E-state index is 12.8. The molecule has 0 radical (unpaired) electrons. The van der Waals surface area contributed by atoms with E-state index in [0.29, 0.717) is 22.0 Å². The fraction of sp³-hybridized carbons (Fsp3) is 0.286. The van der Waals surface area contributed by atoms with Crippen molar-refractivity contribution in [2.75, 3.05) is 24.7 Å². The van der Waals surface area contributed by atoms with E-state index in [4.69, 9.17) is 16.3 Å². The van der Waals surface area contributed by atoms with Gasteiger partial charge in [-0.05, 0) is 62.1 Å². The zero-order valence-electron chi connectivity index (χ0n) is 16.4. The van der Waals surface area contributed by atoms with Crippen LogP contribution in [0.25, 0.3) is 0 Å². The average Bonchev–Trinajstić information content (AvgIpc) is 3.08. The summed E-state index contributed by atoms with van der Waals surface area (Å²) in [4.78, 5) is 26.6. The van der Waals surface area contributed by atoms with E-state index in [2.05, 4.69) is 10.4 Å². The van der Waals surface area contributed by atoms with Crippen LogP contribution in [0.3, 0.4) is 0 Å². The molecule has 1 unspecified atom stereocenters. The van der Waals surface area contributed by atoms with Crippen molar-refractivity contribution in [2.24, 2.45) is 10.5 Å². The van der Waals surface area contributed by atoms with E-state index in [-0.39, 0.29) is 13.2 Å². The lowest BCUT2D eigenvalue weighted by Crippen LogP contribution is -2.42. The van der Waals surface area contributed by atoms with Gasteiger partial charge in [0.1, 0.15) is 5.41 Å². The van der Waals surface area contributed by atoms with E-state index < -0.39 is 17.4 Å². The van der Waals surface area contributed by atoms with Gasteiger partial charge in [-0.2, -0.15) is 5.10 Å². The Morgan fingerprint density at radius 1 is 1.21 bits per heavy atom. The Labute approximate surface area is 179 Å². The van der Waals surface area contributed by atoms with Gasteiger partial charge in [0.15, 0.2) is 0 Å². The van der Waals surface area contributed by atoms with Crippen LogP contribution in [-0.4, -0.2) is 42.1 Å². The van der Waals surface area contributed by atoms with Crippen LogP contribution in [0, 0.1) is 5.41 Å². The Balaban J connectivity index is 1.87. The van der Waals surface area contributed by atoms with E-state index >= 15 is 0 Å². The monoisotopic (exact) mass is 431 g/mol. The predicted octanol–water partition coefficient (Wildman–Crippen LogP) is 4.88. The highest BCUT2D eigenvalue weighted by Gasteiger charge is 2.48. The van der Waals surface area contributed by atoms with Crippen molar-refractivity contribution in [1.82, 2.24) is 5.01 Å². The fourth-order valence-electron chi connectivity index (χ4n) is 3.06. The van der Waals surface area contributed by atoms with Crippen molar-refractivity contribution in [3.05, 3.63) is 59.1 Å². The van der Waals surface area contributed by atoms with Crippen molar-refractivity contribution in [1.29, 1.82) is 0 Å². The second kappa shape index (κ2) is 8.88. The summed E-state index contributed by atoms with van der Waals surface area (Å²) in [6.07, 6.45) is 1.99. The van der Waals surface area contributed by atoms with Gasteiger partial charge in [0.2, 0.25) is 0 Å². The number of rotatable bonds is 5. The first-order valence-corrected chi connectivity index (χ1v) is 10.7. The summed E-state index contributed by atoms with van der Waals surface area (Å²) in [5, 5.41) is 9.13. The number of amides is 2. The van der Waals surface area contributed by atoms with Crippen molar-refractivity contribution >= 4 is 46.8 Å². The molecule has 152 valence electrons. The molecule has 2 amide bonds. The van der Waals surface area contributed by atoms with E-state index in [0.717, 1.165) is 4.90 Å². The molecule has 3 rings (SSSR count). The van der Waals surface area contributed by atoms with Gasteiger partial charge in [0.05, 0.1) is 18.9 Å². The standard InChI is InChI=1S/C21H22ClN3O3S/c1-4-28-19(26)21(2)13-25(24-18(21)14-5-7-15(22)8-6-14)20(27)23-16-9-11-17(29-3)12-10-16/h5-12H,4,13H2,1-3H3,(H,23,27). The first-order chi connectivity index (χ1) is 13.9. The molecule has 1 N–H and O–H groups in total. The van der Waals surface area contributed by atoms with Crippen LogP contribution in [-0.2, 0) is 9.53 Å². The predicted molar refractivity (Wildman–Crippen MR) is 117 cm³/mol. The number of hydrazone groups is 1. The van der Waals surface area contributed by atoms with Gasteiger partial charge in [-0.15, -0.1) is 11.8 Å². The minimum absolute atomic E-state index is 0.0819. The smallest absolute Gasteiger partial charge is 0.342 e. The number of urea groups is 1. The molecule has 2 aromatic rings. The Morgan fingerprint density at radius 3 is 2.45 bits per heavy atom. The molecule has 0 saturated carbocycles. The normalized spacial score (nSPS) is 18.3. The molecule has 0 bridgehead atoms. The second-order valence-electron chi connectivity index (χ2n) is 6.72. The van der Waals surface area contributed by atoms with E-state index in [1.807, 2.05) is 30.5 Å².